The van der Waals surface area contributed by atoms with E-state index in [2.05, 4.69) is 24.1 Å². The highest BCUT2D eigenvalue weighted by Crippen LogP contribution is 2.34. The minimum atomic E-state index is -0.158. The quantitative estimate of drug-likeness (QED) is 0.813. The Morgan fingerprint density at radius 2 is 1.83 bits per heavy atom. The molecule has 1 fully saturated rings. The molecule has 0 aliphatic carbocycles. The van der Waals surface area contributed by atoms with Crippen molar-refractivity contribution in [3.8, 4) is 0 Å². The van der Waals surface area contributed by atoms with Crippen molar-refractivity contribution in [2.45, 2.75) is 51.6 Å². The molecule has 0 aromatic heterocycles. The van der Waals surface area contributed by atoms with E-state index >= 15 is 0 Å². The van der Waals surface area contributed by atoms with Gasteiger partial charge in [0.2, 0.25) is 0 Å². The van der Waals surface area contributed by atoms with E-state index in [1.54, 1.807) is 12.1 Å². The van der Waals surface area contributed by atoms with Gasteiger partial charge in [0.05, 0.1) is 11.3 Å². The molecule has 2 heterocycles. The van der Waals surface area contributed by atoms with Crippen molar-refractivity contribution in [1.29, 1.82) is 0 Å². The van der Waals surface area contributed by atoms with E-state index < -0.39 is 0 Å². The van der Waals surface area contributed by atoms with Crippen LogP contribution in [0.15, 0.2) is 42.5 Å². The first-order chi connectivity index (χ1) is 14.0. The lowest BCUT2D eigenvalue weighted by Crippen LogP contribution is -2.53. The summed E-state index contributed by atoms with van der Waals surface area (Å²) in [6, 6.07) is 13.4. The third-order valence-electron chi connectivity index (χ3n) is 6.13. The van der Waals surface area contributed by atoms with Crippen LogP contribution in [0.25, 0.3) is 0 Å². The summed E-state index contributed by atoms with van der Waals surface area (Å²) in [6.07, 6.45) is 4.40. The van der Waals surface area contributed by atoms with Crippen LogP contribution in [0.1, 0.15) is 71.7 Å². The largest absolute Gasteiger partial charge is 0.354 e. The number of nitrogens with zero attached hydrogens (tertiary/aromatic N) is 2. The summed E-state index contributed by atoms with van der Waals surface area (Å²) < 4.78 is 0. The van der Waals surface area contributed by atoms with Crippen LogP contribution in [0.4, 0.5) is 11.4 Å². The zero-order valence-corrected chi connectivity index (χ0v) is 17.4. The highest BCUT2D eigenvalue weighted by Gasteiger charge is 2.36. The molecule has 0 bridgehead atoms. The van der Waals surface area contributed by atoms with Crippen molar-refractivity contribution >= 4 is 23.2 Å². The number of hydrogen-bond donors (Lipinski definition) is 1. The van der Waals surface area contributed by atoms with Gasteiger partial charge in [0.15, 0.2) is 0 Å². The third kappa shape index (κ3) is 3.74. The number of fused-ring (bicyclic) bond motifs is 2. The fourth-order valence-corrected chi connectivity index (χ4v) is 4.35. The Morgan fingerprint density at radius 1 is 1.07 bits per heavy atom. The molecule has 2 aromatic carbocycles. The van der Waals surface area contributed by atoms with Crippen LogP contribution in [0.5, 0.6) is 0 Å². The summed E-state index contributed by atoms with van der Waals surface area (Å²) >= 11 is 0. The van der Waals surface area contributed by atoms with Crippen molar-refractivity contribution in [3.05, 3.63) is 59.2 Å². The molecule has 0 unspecified atom stereocenters. The molecule has 0 spiro atoms. The lowest BCUT2D eigenvalue weighted by Gasteiger charge is -2.43. The molecule has 2 amide bonds. The Kier molecular flexibility index (Phi) is 5.31. The maximum atomic E-state index is 13.0. The topological polar surface area (TPSA) is 52.7 Å². The van der Waals surface area contributed by atoms with Crippen LogP contribution in [0.3, 0.4) is 0 Å². The number of benzene rings is 2. The van der Waals surface area contributed by atoms with Crippen molar-refractivity contribution in [1.82, 2.24) is 4.90 Å². The molecule has 1 atom stereocenters. The van der Waals surface area contributed by atoms with E-state index in [1.165, 1.54) is 5.56 Å². The predicted molar refractivity (Wildman–Crippen MR) is 117 cm³/mol. The van der Waals surface area contributed by atoms with Crippen molar-refractivity contribution in [3.63, 3.8) is 0 Å². The van der Waals surface area contributed by atoms with Gasteiger partial charge in [0.25, 0.3) is 11.8 Å². The van der Waals surface area contributed by atoms with Gasteiger partial charge in [0, 0.05) is 24.8 Å². The number of carbonyl (C=O) groups excluding carboxylic acids is 2. The van der Waals surface area contributed by atoms with Crippen molar-refractivity contribution < 1.29 is 9.59 Å². The minimum absolute atomic E-state index is 0.0828. The third-order valence-corrected chi connectivity index (χ3v) is 6.13. The van der Waals surface area contributed by atoms with Gasteiger partial charge < -0.3 is 15.1 Å². The zero-order valence-electron chi connectivity index (χ0n) is 17.4. The van der Waals surface area contributed by atoms with Crippen LogP contribution in [0.2, 0.25) is 0 Å². The maximum absolute atomic E-state index is 13.0. The second-order valence-electron chi connectivity index (χ2n) is 8.40. The van der Waals surface area contributed by atoms with E-state index in [4.69, 9.17) is 0 Å². The highest BCUT2D eigenvalue weighted by molar-refractivity contribution is 6.08. The Morgan fingerprint density at radius 3 is 2.55 bits per heavy atom. The van der Waals surface area contributed by atoms with Gasteiger partial charge in [0.1, 0.15) is 6.17 Å². The smallest absolute Gasteiger partial charge is 0.257 e. The molecule has 2 aromatic rings. The van der Waals surface area contributed by atoms with Gasteiger partial charge in [-0.05, 0) is 61.1 Å². The summed E-state index contributed by atoms with van der Waals surface area (Å²) in [5, 5.41) is 2.97. The Bertz CT molecular complexity index is 920. The van der Waals surface area contributed by atoms with Crippen LogP contribution >= 0.6 is 0 Å². The van der Waals surface area contributed by atoms with Gasteiger partial charge in [-0.2, -0.15) is 0 Å². The summed E-state index contributed by atoms with van der Waals surface area (Å²) in [6.45, 7) is 5.10. The fourth-order valence-electron chi connectivity index (χ4n) is 4.35. The van der Waals surface area contributed by atoms with Crippen LogP contribution in [0, 0.1) is 0 Å². The highest BCUT2D eigenvalue weighted by atomic mass is 16.2. The minimum Gasteiger partial charge on any atom is -0.354 e. The van der Waals surface area contributed by atoms with Crippen molar-refractivity contribution in [2.75, 3.05) is 23.8 Å². The Balaban J connectivity index is 1.57. The number of anilines is 2. The first-order valence-corrected chi connectivity index (χ1v) is 10.5. The standard InChI is InChI=1S/C24H29N3O2/c1-16(2)17-8-11-19(12-9-17)25-23(28)18-10-13-20-21(15-18)26(3)22-7-5-4-6-14-27(22)24(20)29/h8-13,15-16,22H,4-7,14H2,1-3H3,(H,25,28)/t22-/m0/s1. The maximum Gasteiger partial charge on any atom is 0.257 e. The van der Waals surface area contributed by atoms with Crippen LogP contribution in [-0.2, 0) is 0 Å². The van der Waals surface area contributed by atoms with Gasteiger partial charge in [-0.1, -0.05) is 32.4 Å². The molecule has 4 rings (SSSR count). The van der Waals surface area contributed by atoms with Crippen molar-refractivity contribution in [2.24, 2.45) is 0 Å². The molecular weight excluding hydrogens is 362 g/mol. The Labute approximate surface area is 172 Å². The first-order valence-electron chi connectivity index (χ1n) is 10.5. The van der Waals surface area contributed by atoms with E-state index in [-0.39, 0.29) is 18.0 Å². The lowest BCUT2D eigenvalue weighted by atomic mass is 10.0. The molecule has 5 nitrogen and oxygen atoms in total. The molecule has 1 N–H and O–H groups in total. The zero-order chi connectivity index (χ0) is 20.5. The number of hydrogen-bond acceptors (Lipinski definition) is 3. The normalized spacial score (nSPS) is 18.9. The first kappa shape index (κ1) is 19.5. The molecule has 1 saturated heterocycles. The molecule has 5 heteroatoms. The van der Waals surface area contributed by atoms with E-state index in [0.29, 0.717) is 17.0 Å². The number of amides is 2. The molecule has 2 aliphatic heterocycles. The number of rotatable bonds is 3. The summed E-state index contributed by atoms with van der Waals surface area (Å²) in [5.41, 5.74) is 4.12. The lowest BCUT2D eigenvalue weighted by molar-refractivity contribution is 0.0661. The van der Waals surface area contributed by atoms with E-state index in [0.717, 1.165) is 43.6 Å². The molecular formula is C24H29N3O2. The predicted octanol–water partition coefficient (Wildman–Crippen LogP) is 4.85. The van der Waals surface area contributed by atoms with Crippen LogP contribution in [-0.4, -0.2) is 36.5 Å². The number of nitrogens with one attached hydrogen (secondary N) is 1. The SMILES string of the molecule is CC(C)c1ccc(NC(=O)c2ccc3c(c2)N(C)[C@@H]2CCCCCN2C3=O)cc1. The van der Waals surface area contributed by atoms with Gasteiger partial charge in [-0.15, -0.1) is 0 Å². The number of carbonyl (C=O) groups is 2. The Hall–Kier alpha value is -2.82. The summed E-state index contributed by atoms with van der Waals surface area (Å²) in [7, 11) is 2.03. The summed E-state index contributed by atoms with van der Waals surface area (Å²) in [4.78, 5) is 30.0. The molecule has 29 heavy (non-hydrogen) atoms. The van der Waals surface area contributed by atoms with Gasteiger partial charge in [-0.3, -0.25) is 9.59 Å². The molecule has 2 aliphatic rings. The van der Waals surface area contributed by atoms with Gasteiger partial charge >= 0.3 is 0 Å². The summed E-state index contributed by atoms with van der Waals surface area (Å²) in [5.74, 6) is 0.382. The monoisotopic (exact) mass is 391 g/mol. The average Bonchev–Trinajstić information content (AvgIpc) is 2.98. The molecule has 0 saturated carbocycles. The van der Waals surface area contributed by atoms with E-state index in [9.17, 15) is 9.59 Å². The molecule has 152 valence electrons. The van der Waals surface area contributed by atoms with E-state index in [1.807, 2.05) is 42.3 Å². The fraction of sp³-hybridized carbons (Fsp3) is 0.417. The molecule has 0 radical (unpaired) electrons. The average molecular weight is 392 g/mol. The second-order valence-corrected chi connectivity index (χ2v) is 8.40. The van der Waals surface area contributed by atoms with Gasteiger partial charge in [-0.25, -0.2) is 0 Å². The second kappa shape index (κ2) is 7.90. The van der Waals surface area contributed by atoms with Crippen LogP contribution < -0.4 is 10.2 Å².